The van der Waals surface area contributed by atoms with Crippen LogP contribution in [0.1, 0.15) is 76.0 Å². The average Bonchev–Trinajstić information content (AvgIpc) is 1.56. The Morgan fingerprint density at radius 2 is 0.787 bits per heavy atom. The fourth-order valence-corrected chi connectivity index (χ4v) is 15.6. The molecule has 3 heterocycles. The van der Waals surface area contributed by atoms with Gasteiger partial charge in [-0.1, -0.05) is 129 Å². The summed E-state index contributed by atoms with van der Waals surface area (Å²) in [5.41, 5.74) is -2.54. The average molecular weight is 1290 g/mol. The van der Waals surface area contributed by atoms with Crippen molar-refractivity contribution < 1.29 is 68.9 Å². The molecule has 25 nitrogen and oxygen atoms in total. The summed E-state index contributed by atoms with van der Waals surface area (Å²) in [6, 6.07) is 35.6. The van der Waals surface area contributed by atoms with E-state index in [4.69, 9.17) is 9.47 Å². The molecule has 3 aliphatic heterocycles. The van der Waals surface area contributed by atoms with Crippen molar-refractivity contribution in [1.82, 2.24) is 42.2 Å². The van der Waals surface area contributed by atoms with E-state index in [1.807, 2.05) is 42.5 Å². The Morgan fingerprint density at radius 1 is 0.472 bits per heavy atom. The van der Waals surface area contributed by atoms with Gasteiger partial charge in [-0.2, -0.15) is 52.3 Å². The van der Waals surface area contributed by atoms with E-state index in [1.54, 1.807) is 120 Å². The number of amides is 3. The van der Waals surface area contributed by atoms with Gasteiger partial charge in [0.1, 0.15) is 11.2 Å². The van der Waals surface area contributed by atoms with Gasteiger partial charge in [-0.15, -0.1) is 0 Å². The molecule has 28 heteroatoms. The highest BCUT2D eigenvalue weighted by Gasteiger charge is 2.70. The Labute approximate surface area is 520 Å². The van der Waals surface area contributed by atoms with Gasteiger partial charge in [0.05, 0.1) is 0 Å². The summed E-state index contributed by atoms with van der Waals surface area (Å²) in [7, 11) is -12.1. The maximum Gasteiger partial charge on any atom is 0.410 e. The van der Waals surface area contributed by atoms with Crippen molar-refractivity contribution in [3.8, 4) is 0 Å². The Morgan fingerprint density at radius 3 is 1.15 bits per heavy atom. The summed E-state index contributed by atoms with van der Waals surface area (Å²) in [4.78, 5) is 64.9. The molecule has 6 atom stereocenters. The number of carbonyl (C=O) groups is 5. The third-order valence-electron chi connectivity index (χ3n) is 15.8. The topological polar surface area (TPSA) is 323 Å². The highest BCUT2D eigenvalue weighted by atomic mass is 32.2. The van der Waals surface area contributed by atoms with Gasteiger partial charge >= 0.3 is 30.0 Å². The van der Waals surface area contributed by atoms with E-state index < -0.39 is 100 Å². The number of carboxylic acid groups (broad SMARTS) is 2. The molecule has 0 radical (unpaired) electrons. The van der Waals surface area contributed by atoms with Crippen LogP contribution in [-0.2, 0) is 54.5 Å². The molecule has 6 fully saturated rings. The molecule has 3 amide bonds. The number of aliphatic carboxylic acids is 2. The lowest BCUT2D eigenvalue weighted by Crippen LogP contribution is -2.57. The van der Waals surface area contributed by atoms with Crippen molar-refractivity contribution >= 4 is 66.3 Å². The lowest BCUT2D eigenvalue weighted by Gasteiger charge is -2.35. The maximum absolute atomic E-state index is 13.4. The van der Waals surface area contributed by atoms with Crippen LogP contribution in [0.3, 0.4) is 0 Å². The van der Waals surface area contributed by atoms with E-state index in [9.17, 15) is 59.4 Å². The number of nitrogens with one attached hydrogen (secondary N) is 5. The monoisotopic (exact) mass is 1290 g/mol. The van der Waals surface area contributed by atoms with Gasteiger partial charge in [0.25, 0.3) is 30.6 Å². The van der Waals surface area contributed by atoms with Crippen molar-refractivity contribution in [2.24, 2.45) is 0 Å². The van der Waals surface area contributed by atoms with Gasteiger partial charge in [0, 0.05) is 102 Å². The number of hydrogen-bond acceptors (Lipinski definition) is 14. The predicted molar refractivity (Wildman–Crippen MR) is 333 cm³/mol. The number of anilines is 1. The van der Waals surface area contributed by atoms with E-state index in [2.05, 4.69) is 44.5 Å². The minimum atomic E-state index is -4.12. The lowest BCUT2D eigenvalue weighted by molar-refractivity contribution is -0.158. The zero-order chi connectivity index (χ0) is 65.1. The summed E-state index contributed by atoms with van der Waals surface area (Å²) in [5, 5.41) is 25.3. The normalized spacial score (nSPS) is 25.0. The summed E-state index contributed by atoms with van der Waals surface area (Å²) < 4.78 is 99.9. The van der Waals surface area contributed by atoms with Gasteiger partial charge in [-0.3, -0.25) is 0 Å². The first-order valence-electron chi connectivity index (χ1n) is 28.8. The van der Waals surface area contributed by atoms with Crippen LogP contribution in [0.2, 0.25) is 0 Å². The molecule has 4 aromatic rings. The van der Waals surface area contributed by atoms with E-state index in [0.717, 1.165) is 15.4 Å². The summed E-state index contributed by atoms with van der Waals surface area (Å²) in [6.45, 7) is 24.8. The highest BCUT2D eigenvalue weighted by Crippen LogP contribution is 2.59. The van der Waals surface area contributed by atoms with Crippen LogP contribution in [0, 0.1) is 0 Å². The van der Waals surface area contributed by atoms with Gasteiger partial charge in [-0.05, 0) is 87.1 Å². The molecular weight excluding hydrogens is 1210 g/mol. The second-order valence-corrected chi connectivity index (χ2v) is 29.2. The number of urea groups is 1. The molecule has 6 aliphatic rings. The second kappa shape index (κ2) is 26.2. The molecular formula is C61H78N10O15S3. The van der Waals surface area contributed by atoms with E-state index in [-0.39, 0.29) is 58.4 Å². The van der Waals surface area contributed by atoms with Crippen LogP contribution < -0.4 is 24.8 Å². The fraction of sp³-hybridized carbons (Fsp3) is 0.426. The summed E-state index contributed by atoms with van der Waals surface area (Å²) in [5.74, 6) is -4.94. The smallest absolute Gasteiger partial charge is 0.410 e. The van der Waals surface area contributed by atoms with Gasteiger partial charge in [0.2, 0.25) is 0 Å². The van der Waals surface area contributed by atoms with Gasteiger partial charge < -0.3 is 40.1 Å². The SMILES string of the molecule is C=C1[C@H](c2ccccc2)[C@]1(NS(=O)(=O)N1CCN(C(=O)Nc2ccccc2)CC1)C(=O)O.C=C1[C@H](c2ccccc2)[C@]1(NS(=O)(=O)N1CCN(C(=O)OC(C)(C)C)CC1)C(=O)OC(C)(C)C.C=C1[C@H](c2ccccc2)[C@]1(NS(=O)(=O)N1CCNCC1)C(=O)O. The van der Waals surface area contributed by atoms with Crippen molar-refractivity contribution in [3.05, 3.63) is 174 Å². The molecule has 0 bridgehead atoms. The first-order chi connectivity index (χ1) is 41.7. The van der Waals surface area contributed by atoms with Crippen LogP contribution >= 0.6 is 0 Å². The molecule has 10 rings (SSSR count). The van der Waals surface area contributed by atoms with E-state index >= 15 is 0 Å². The third-order valence-corrected chi connectivity index (χ3v) is 20.7. The van der Waals surface area contributed by atoms with Gasteiger partial charge in [-0.25, -0.2) is 24.0 Å². The zero-order valence-corrected chi connectivity index (χ0v) is 53.0. The third kappa shape index (κ3) is 14.9. The zero-order valence-electron chi connectivity index (χ0n) is 50.5. The Balaban J connectivity index is 0.000000176. The van der Waals surface area contributed by atoms with Gasteiger partial charge in [0.15, 0.2) is 16.6 Å². The molecule has 3 aliphatic carbocycles. The first-order valence-corrected chi connectivity index (χ1v) is 33.1. The van der Waals surface area contributed by atoms with E-state index in [1.165, 1.54) is 18.4 Å². The number of carboxylic acids is 2. The summed E-state index contributed by atoms with van der Waals surface area (Å²) in [6.07, 6.45) is -0.484. The van der Waals surface area contributed by atoms with E-state index in [0.29, 0.717) is 54.1 Å². The van der Waals surface area contributed by atoms with Crippen LogP contribution in [-0.4, -0.2) is 195 Å². The molecule has 7 N–H and O–H groups in total. The second-order valence-electron chi connectivity index (χ2n) is 24.2. The Kier molecular flexibility index (Phi) is 19.9. The number of ether oxygens (including phenoxy) is 2. The molecule has 0 aromatic heterocycles. The first kappa shape index (κ1) is 67.5. The fourth-order valence-electron chi connectivity index (χ4n) is 11.1. The molecule has 0 unspecified atom stereocenters. The van der Waals surface area contributed by atoms with Crippen LogP contribution in [0.5, 0.6) is 0 Å². The minimum Gasteiger partial charge on any atom is -0.480 e. The minimum absolute atomic E-state index is 0.0513. The number of hydrogen-bond donors (Lipinski definition) is 7. The highest BCUT2D eigenvalue weighted by molar-refractivity contribution is 7.87. The van der Waals surface area contributed by atoms with Crippen molar-refractivity contribution in [2.45, 2.75) is 87.1 Å². The number of benzene rings is 4. The quantitative estimate of drug-likeness (QED) is 0.0597. The van der Waals surface area contributed by atoms with Crippen molar-refractivity contribution in [1.29, 1.82) is 0 Å². The van der Waals surface area contributed by atoms with Crippen molar-refractivity contribution in [3.63, 3.8) is 0 Å². The molecule has 480 valence electrons. The standard InChI is InChI=1S/C24H35N3O6S.C22H24N4O5S.C15H19N3O4S/c1-17-19(18-11-9-8-10-12-18)24(17,20(28)32-22(2,3)4)25-34(30,31)27-15-13-26(14-16-27)21(29)33-23(5,6)7;1-16-19(17-8-4-2-5-9-17)22(16,20(27)28)24-32(30,31)26-14-12-25(13-15-26)21(29)23-18-10-6-3-7-11-18;1-11-13(12-5-3-2-4-6-12)15(11,14(19)20)17-23(21,22)18-9-7-16-8-10-18/h8-12,19,25H,1,13-16H2,2-7H3;2-11,19,24H,1,12-15H2,(H,23,29)(H,27,28);2-6,13,16-17H,1,7-10H2,(H,19,20)/t19-,24+;19-,22+;13-,15+/m111/s1. The lowest BCUT2D eigenvalue weighted by atomic mass is 10.1. The Hall–Kier alpha value is -7.38. The molecule has 3 saturated carbocycles. The largest absolute Gasteiger partial charge is 0.480 e. The predicted octanol–water partition coefficient (Wildman–Crippen LogP) is 4.56. The van der Waals surface area contributed by atoms with Crippen molar-refractivity contribution in [2.75, 3.05) is 83.9 Å². The van der Waals surface area contributed by atoms with Crippen LogP contribution in [0.4, 0.5) is 15.3 Å². The molecule has 4 aromatic carbocycles. The number of rotatable bonds is 16. The number of para-hydroxylation sites is 1. The molecule has 3 saturated heterocycles. The molecule has 0 spiro atoms. The summed E-state index contributed by atoms with van der Waals surface area (Å²) >= 11 is 0. The number of nitrogens with zero attached hydrogens (tertiary/aromatic N) is 5. The maximum atomic E-state index is 13.4. The molecule has 89 heavy (non-hydrogen) atoms. The van der Waals surface area contributed by atoms with Crippen LogP contribution in [0.15, 0.2) is 158 Å². The van der Waals surface area contributed by atoms with Crippen LogP contribution in [0.25, 0.3) is 0 Å². The number of esters is 1. The Bertz CT molecular complexity index is 3670. The number of carbonyl (C=O) groups excluding carboxylic acids is 3. The number of piperazine rings is 3.